The number of benzene rings is 2. The Morgan fingerprint density at radius 1 is 1.05 bits per heavy atom. The smallest absolute Gasteiger partial charge is 0.390 e. The molecule has 0 bridgehead atoms. The summed E-state index contributed by atoms with van der Waals surface area (Å²) in [6, 6.07) is 13.4. The van der Waals surface area contributed by atoms with Gasteiger partial charge in [-0.05, 0) is 59.5 Å². The van der Waals surface area contributed by atoms with Crippen LogP contribution >= 0.6 is 0 Å². The lowest BCUT2D eigenvalue weighted by Crippen LogP contribution is -2.51. The van der Waals surface area contributed by atoms with Crippen LogP contribution in [-0.4, -0.2) is 54.0 Å². The average Bonchev–Trinajstić information content (AvgIpc) is 3.25. The molecule has 1 saturated heterocycles. The topological polar surface area (TPSA) is 112 Å². The number of sulfonamides is 1. The van der Waals surface area contributed by atoms with Gasteiger partial charge in [-0.1, -0.05) is 18.2 Å². The second-order valence-electron chi connectivity index (χ2n) is 8.98. The van der Waals surface area contributed by atoms with Crippen LogP contribution in [0, 0.1) is 0 Å². The highest BCUT2D eigenvalue weighted by Gasteiger charge is 2.35. The molecule has 3 heterocycles. The quantitative estimate of drug-likeness (QED) is 0.465. The van der Waals surface area contributed by atoms with Crippen molar-refractivity contribution in [2.45, 2.75) is 36.2 Å². The predicted octanol–water partition coefficient (Wildman–Crippen LogP) is 3.25. The first kappa shape index (κ1) is 25.2. The molecule has 1 amide bonds. The Morgan fingerprint density at radius 3 is 2.43 bits per heavy atom. The Morgan fingerprint density at radius 2 is 1.78 bits per heavy atom. The summed E-state index contributed by atoms with van der Waals surface area (Å²) in [6.07, 6.45) is -4.64. The molecule has 1 aromatic heterocycles. The molecule has 3 N–H and O–H groups in total. The highest BCUT2D eigenvalue weighted by atomic mass is 32.2. The van der Waals surface area contributed by atoms with Crippen LogP contribution in [0.5, 0.6) is 0 Å². The van der Waals surface area contributed by atoms with Gasteiger partial charge in [-0.15, -0.1) is 0 Å². The number of rotatable bonds is 5. The molecular formula is C25H23F3N4O4S. The van der Waals surface area contributed by atoms with Crippen molar-refractivity contribution in [2.75, 3.05) is 18.4 Å². The van der Waals surface area contributed by atoms with E-state index in [-0.39, 0.29) is 36.1 Å². The number of hydrogen-bond donors (Lipinski definition) is 3. The number of carbonyl (C=O) groups is 1. The number of β-amino-alcohol motifs (C(OH)–C–C–N with tert-alkyl or cyclic N) is 1. The van der Waals surface area contributed by atoms with Crippen molar-refractivity contribution in [1.29, 1.82) is 0 Å². The second-order valence-corrected chi connectivity index (χ2v) is 10.9. The SMILES string of the molecule is O=C1NCc2cc(-c3ccc(S(=O)(=O)N4CC[C@@H](Nc5ccc(C(F)(F)F)cn5)[C@@H](O)C4)cc3)ccc21. The lowest BCUT2D eigenvalue weighted by molar-refractivity contribution is -0.137. The van der Waals surface area contributed by atoms with E-state index in [0.717, 1.165) is 22.8 Å². The van der Waals surface area contributed by atoms with Crippen molar-refractivity contribution in [1.82, 2.24) is 14.6 Å². The monoisotopic (exact) mass is 532 g/mol. The minimum absolute atomic E-state index is 0.0808. The molecular weight excluding hydrogens is 509 g/mol. The van der Waals surface area contributed by atoms with Crippen molar-refractivity contribution in [3.8, 4) is 11.1 Å². The van der Waals surface area contributed by atoms with Gasteiger partial charge in [0.25, 0.3) is 5.91 Å². The van der Waals surface area contributed by atoms with Crippen LogP contribution in [0.15, 0.2) is 65.7 Å². The van der Waals surface area contributed by atoms with Crippen LogP contribution in [-0.2, 0) is 22.7 Å². The van der Waals surface area contributed by atoms with Crippen molar-refractivity contribution in [3.63, 3.8) is 0 Å². The molecule has 2 aliphatic rings. The molecule has 194 valence electrons. The van der Waals surface area contributed by atoms with Crippen LogP contribution < -0.4 is 10.6 Å². The van der Waals surface area contributed by atoms with E-state index in [1.165, 1.54) is 22.5 Å². The number of anilines is 1. The van der Waals surface area contributed by atoms with E-state index in [0.29, 0.717) is 18.3 Å². The van der Waals surface area contributed by atoms with Gasteiger partial charge < -0.3 is 15.7 Å². The fraction of sp³-hybridized carbons (Fsp3) is 0.280. The van der Waals surface area contributed by atoms with Crippen molar-refractivity contribution in [2.24, 2.45) is 0 Å². The molecule has 0 radical (unpaired) electrons. The van der Waals surface area contributed by atoms with Crippen molar-refractivity contribution < 1.29 is 31.5 Å². The molecule has 1 fully saturated rings. The van der Waals surface area contributed by atoms with E-state index in [2.05, 4.69) is 15.6 Å². The molecule has 2 aliphatic heterocycles. The minimum Gasteiger partial charge on any atom is -0.390 e. The highest BCUT2D eigenvalue weighted by molar-refractivity contribution is 7.89. The number of hydrogen-bond acceptors (Lipinski definition) is 6. The maximum absolute atomic E-state index is 13.2. The lowest BCUT2D eigenvalue weighted by Gasteiger charge is -2.35. The zero-order chi connectivity index (χ0) is 26.4. The van der Waals surface area contributed by atoms with Gasteiger partial charge in [0.2, 0.25) is 10.0 Å². The summed E-state index contributed by atoms with van der Waals surface area (Å²) in [5.41, 5.74) is 2.30. The maximum Gasteiger partial charge on any atom is 0.417 e. The number of fused-ring (bicyclic) bond motifs is 1. The molecule has 0 unspecified atom stereocenters. The van der Waals surface area contributed by atoms with Gasteiger partial charge in [0.1, 0.15) is 5.82 Å². The van der Waals surface area contributed by atoms with Crippen molar-refractivity contribution in [3.05, 3.63) is 77.5 Å². The summed E-state index contributed by atoms with van der Waals surface area (Å²) >= 11 is 0. The van der Waals surface area contributed by atoms with Crippen LogP contribution in [0.4, 0.5) is 19.0 Å². The Balaban J connectivity index is 1.24. The first-order valence-electron chi connectivity index (χ1n) is 11.5. The zero-order valence-electron chi connectivity index (χ0n) is 19.4. The molecule has 0 aliphatic carbocycles. The number of aromatic nitrogens is 1. The molecule has 2 aromatic carbocycles. The Kier molecular flexibility index (Phi) is 6.42. The summed E-state index contributed by atoms with van der Waals surface area (Å²) in [5, 5.41) is 16.2. The number of aliphatic hydroxyl groups is 1. The van der Waals surface area contributed by atoms with E-state index in [1.54, 1.807) is 18.2 Å². The molecule has 2 atom stereocenters. The van der Waals surface area contributed by atoms with Gasteiger partial charge in [0.15, 0.2) is 0 Å². The van der Waals surface area contributed by atoms with Crippen LogP contribution in [0.1, 0.15) is 27.9 Å². The summed E-state index contributed by atoms with van der Waals surface area (Å²) in [5.74, 6) is 0.0513. The molecule has 5 rings (SSSR count). The number of piperidine rings is 1. The third-order valence-corrected chi connectivity index (χ3v) is 8.46. The average molecular weight is 533 g/mol. The van der Waals surface area contributed by atoms with Gasteiger partial charge in [-0.25, -0.2) is 13.4 Å². The molecule has 0 spiro atoms. The number of nitrogens with one attached hydrogen (secondary N) is 2. The van der Waals surface area contributed by atoms with E-state index >= 15 is 0 Å². The van der Waals surface area contributed by atoms with E-state index in [9.17, 15) is 31.5 Å². The van der Waals surface area contributed by atoms with Gasteiger partial charge in [-0.2, -0.15) is 17.5 Å². The highest BCUT2D eigenvalue weighted by Crippen LogP contribution is 2.30. The second kappa shape index (κ2) is 9.43. The van der Waals surface area contributed by atoms with E-state index in [1.807, 2.05) is 12.1 Å². The fourth-order valence-electron chi connectivity index (χ4n) is 4.51. The number of pyridine rings is 1. The van der Waals surface area contributed by atoms with Gasteiger partial charge in [0, 0.05) is 31.4 Å². The maximum atomic E-state index is 13.2. The molecule has 0 saturated carbocycles. The number of carbonyl (C=O) groups excluding carboxylic acids is 1. The van der Waals surface area contributed by atoms with Gasteiger partial charge in [0.05, 0.1) is 22.6 Å². The Hall–Kier alpha value is -3.48. The normalized spacial score (nSPS) is 20.4. The van der Waals surface area contributed by atoms with E-state index in [4.69, 9.17) is 0 Å². The Bertz CT molecular complexity index is 1430. The summed E-state index contributed by atoms with van der Waals surface area (Å²) in [7, 11) is -3.88. The number of halogens is 3. The van der Waals surface area contributed by atoms with E-state index < -0.39 is 33.9 Å². The largest absolute Gasteiger partial charge is 0.417 e. The molecule has 12 heteroatoms. The van der Waals surface area contributed by atoms with Gasteiger partial charge in [-0.3, -0.25) is 4.79 Å². The number of nitrogens with zero attached hydrogens (tertiary/aromatic N) is 2. The minimum atomic E-state index is -4.50. The summed E-state index contributed by atoms with van der Waals surface area (Å²) in [6.45, 7) is 0.399. The predicted molar refractivity (Wildman–Crippen MR) is 129 cm³/mol. The number of alkyl halides is 3. The molecule has 3 aromatic rings. The molecule has 37 heavy (non-hydrogen) atoms. The summed E-state index contributed by atoms with van der Waals surface area (Å²) in [4.78, 5) is 15.6. The van der Waals surface area contributed by atoms with Crippen LogP contribution in [0.3, 0.4) is 0 Å². The number of amides is 1. The first-order chi connectivity index (χ1) is 17.5. The standard InChI is InChI=1S/C25H23F3N4O4S/c26-25(27,28)18-4-8-23(29-13-18)31-21-9-10-32(14-22(21)33)37(35,36)19-5-1-15(2-6-19)16-3-7-20-17(11-16)12-30-24(20)34/h1-8,11,13,21-22,33H,9-10,12,14H2,(H,29,31)(H,30,34)/t21-,22+/m1/s1. The zero-order valence-corrected chi connectivity index (χ0v) is 20.2. The molecule has 8 nitrogen and oxygen atoms in total. The fourth-order valence-corrected chi connectivity index (χ4v) is 5.98. The van der Waals surface area contributed by atoms with Crippen LogP contribution in [0.2, 0.25) is 0 Å². The first-order valence-corrected chi connectivity index (χ1v) is 13.0. The number of aliphatic hydroxyl groups excluding tert-OH is 1. The van der Waals surface area contributed by atoms with Crippen LogP contribution in [0.25, 0.3) is 11.1 Å². The van der Waals surface area contributed by atoms with Gasteiger partial charge >= 0.3 is 6.18 Å². The Labute approximate surface area is 211 Å². The lowest BCUT2D eigenvalue weighted by atomic mass is 10.0. The van der Waals surface area contributed by atoms with Crippen molar-refractivity contribution >= 4 is 21.7 Å². The third kappa shape index (κ3) is 5.04. The summed E-state index contributed by atoms with van der Waals surface area (Å²) < 4.78 is 65.8. The third-order valence-electron chi connectivity index (χ3n) is 6.58.